The molecule has 0 saturated heterocycles. The van der Waals surface area contributed by atoms with Crippen LogP contribution in [0.5, 0.6) is 5.75 Å². The first-order valence-electron chi connectivity index (χ1n) is 6.57. The molecular formula is C15H24O2. The molecule has 0 aromatic heterocycles. The number of rotatable bonds is 8. The zero-order valence-corrected chi connectivity index (χ0v) is 11.0. The highest BCUT2D eigenvalue weighted by atomic mass is 16.5. The van der Waals surface area contributed by atoms with Crippen LogP contribution in [0.1, 0.15) is 44.6 Å². The minimum atomic E-state index is -0.223. The van der Waals surface area contributed by atoms with Gasteiger partial charge in [-0.25, -0.2) is 0 Å². The SMILES string of the molecule is CCCCCCC(O)Cc1cccc(OC)c1. The highest BCUT2D eigenvalue weighted by Crippen LogP contribution is 2.16. The van der Waals surface area contributed by atoms with Crippen molar-refractivity contribution in [3.8, 4) is 5.75 Å². The van der Waals surface area contributed by atoms with Crippen molar-refractivity contribution in [3.63, 3.8) is 0 Å². The monoisotopic (exact) mass is 236 g/mol. The van der Waals surface area contributed by atoms with Crippen molar-refractivity contribution in [3.05, 3.63) is 29.8 Å². The molecule has 96 valence electrons. The summed E-state index contributed by atoms with van der Waals surface area (Å²) < 4.78 is 5.17. The van der Waals surface area contributed by atoms with Crippen molar-refractivity contribution in [2.45, 2.75) is 51.6 Å². The molecule has 1 rings (SSSR count). The Morgan fingerprint density at radius 1 is 1.24 bits per heavy atom. The molecule has 1 aromatic carbocycles. The maximum Gasteiger partial charge on any atom is 0.119 e. The summed E-state index contributed by atoms with van der Waals surface area (Å²) in [4.78, 5) is 0. The van der Waals surface area contributed by atoms with E-state index in [-0.39, 0.29) is 6.10 Å². The van der Waals surface area contributed by atoms with Gasteiger partial charge >= 0.3 is 0 Å². The van der Waals surface area contributed by atoms with Crippen molar-refractivity contribution < 1.29 is 9.84 Å². The molecule has 17 heavy (non-hydrogen) atoms. The van der Waals surface area contributed by atoms with Crippen LogP contribution in [0.3, 0.4) is 0 Å². The van der Waals surface area contributed by atoms with Crippen LogP contribution in [0.2, 0.25) is 0 Å². The van der Waals surface area contributed by atoms with E-state index in [9.17, 15) is 5.11 Å². The van der Waals surface area contributed by atoms with Gasteiger partial charge in [0.05, 0.1) is 13.2 Å². The van der Waals surface area contributed by atoms with Crippen molar-refractivity contribution in [1.82, 2.24) is 0 Å². The van der Waals surface area contributed by atoms with Crippen molar-refractivity contribution in [2.75, 3.05) is 7.11 Å². The summed E-state index contributed by atoms with van der Waals surface area (Å²) in [6, 6.07) is 7.93. The lowest BCUT2D eigenvalue weighted by molar-refractivity contribution is 0.161. The van der Waals surface area contributed by atoms with Gasteiger partial charge in [0.15, 0.2) is 0 Å². The number of ether oxygens (including phenoxy) is 1. The van der Waals surface area contributed by atoms with Gasteiger partial charge in [-0.2, -0.15) is 0 Å². The lowest BCUT2D eigenvalue weighted by Crippen LogP contribution is -2.10. The van der Waals surface area contributed by atoms with Crippen LogP contribution in [0, 0.1) is 0 Å². The quantitative estimate of drug-likeness (QED) is 0.699. The topological polar surface area (TPSA) is 29.5 Å². The molecule has 0 fully saturated rings. The minimum absolute atomic E-state index is 0.223. The Morgan fingerprint density at radius 2 is 2.06 bits per heavy atom. The Kier molecular flexibility index (Phi) is 6.71. The maximum atomic E-state index is 9.92. The molecule has 0 amide bonds. The fourth-order valence-corrected chi connectivity index (χ4v) is 1.98. The number of benzene rings is 1. The first-order valence-corrected chi connectivity index (χ1v) is 6.57. The molecule has 1 atom stereocenters. The molecule has 0 saturated carbocycles. The summed E-state index contributed by atoms with van der Waals surface area (Å²) in [6.45, 7) is 2.20. The third kappa shape index (κ3) is 5.73. The summed E-state index contributed by atoms with van der Waals surface area (Å²) >= 11 is 0. The van der Waals surface area contributed by atoms with Gasteiger partial charge in [0.25, 0.3) is 0 Å². The van der Waals surface area contributed by atoms with Gasteiger partial charge in [0, 0.05) is 0 Å². The van der Waals surface area contributed by atoms with Crippen LogP contribution < -0.4 is 4.74 Å². The second kappa shape index (κ2) is 8.13. The van der Waals surface area contributed by atoms with Gasteiger partial charge in [-0.3, -0.25) is 0 Å². The second-order valence-electron chi connectivity index (χ2n) is 4.56. The highest BCUT2D eigenvalue weighted by molar-refractivity contribution is 5.28. The van der Waals surface area contributed by atoms with Crippen molar-refractivity contribution >= 4 is 0 Å². The van der Waals surface area contributed by atoms with Crippen LogP contribution in [-0.2, 0) is 6.42 Å². The van der Waals surface area contributed by atoms with Gasteiger partial charge in [-0.05, 0) is 30.5 Å². The van der Waals surface area contributed by atoms with E-state index in [0.29, 0.717) is 0 Å². The summed E-state index contributed by atoms with van der Waals surface area (Å²) in [5.74, 6) is 0.862. The summed E-state index contributed by atoms with van der Waals surface area (Å²) in [5, 5.41) is 9.92. The molecule has 0 heterocycles. The average molecular weight is 236 g/mol. The second-order valence-corrected chi connectivity index (χ2v) is 4.56. The Bertz CT molecular complexity index is 310. The van der Waals surface area contributed by atoms with Crippen molar-refractivity contribution in [1.29, 1.82) is 0 Å². The van der Waals surface area contributed by atoms with Gasteiger partial charge in [0.1, 0.15) is 5.75 Å². The molecule has 1 aromatic rings. The Morgan fingerprint density at radius 3 is 2.76 bits per heavy atom. The summed E-state index contributed by atoms with van der Waals surface area (Å²) in [5.41, 5.74) is 1.15. The van der Waals surface area contributed by atoms with Crippen LogP contribution in [-0.4, -0.2) is 18.3 Å². The number of hydrogen-bond acceptors (Lipinski definition) is 2. The molecule has 0 radical (unpaired) electrons. The number of methoxy groups -OCH3 is 1. The molecule has 0 spiro atoms. The number of unbranched alkanes of at least 4 members (excludes halogenated alkanes) is 3. The third-order valence-electron chi connectivity index (χ3n) is 3.00. The average Bonchev–Trinajstić information content (AvgIpc) is 2.35. The molecule has 1 N–H and O–H groups in total. The van der Waals surface area contributed by atoms with E-state index in [0.717, 1.165) is 30.6 Å². The largest absolute Gasteiger partial charge is 0.497 e. The highest BCUT2D eigenvalue weighted by Gasteiger charge is 2.06. The van der Waals surface area contributed by atoms with Crippen LogP contribution in [0.4, 0.5) is 0 Å². The van der Waals surface area contributed by atoms with Gasteiger partial charge in [-0.1, -0.05) is 44.7 Å². The zero-order valence-electron chi connectivity index (χ0n) is 11.0. The lowest BCUT2D eigenvalue weighted by atomic mass is 10.0. The Balaban J connectivity index is 2.31. The summed E-state index contributed by atoms with van der Waals surface area (Å²) in [7, 11) is 1.67. The normalized spacial score (nSPS) is 12.4. The molecule has 0 aliphatic rings. The van der Waals surface area contributed by atoms with Crippen LogP contribution >= 0.6 is 0 Å². The third-order valence-corrected chi connectivity index (χ3v) is 3.00. The van der Waals surface area contributed by atoms with E-state index >= 15 is 0 Å². The van der Waals surface area contributed by atoms with Gasteiger partial charge in [0.2, 0.25) is 0 Å². The number of aliphatic hydroxyl groups excluding tert-OH is 1. The molecular weight excluding hydrogens is 212 g/mol. The molecule has 1 unspecified atom stereocenters. The smallest absolute Gasteiger partial charge is 0.119 e. The van der Waals surface area contributed by atoms with E-state index in [1.807, 2.05) is 24.3 Å². The Hall–Kier alpha value is -1.02. The minimum Gasteiger partial charge on any atom is -0.497 e. The summed E-state index contributed by atoms with van der Waals surface area (Å²) in [6.07, 6.45) is 6.27. The molecule has 2 heteroatoms. The van der Waals surface area contributed by atoms with Crippen LogP contribution in [0.25, 0.3) is 0 Å². The molecule has 0 aliphatic heterocycles. The predicted molar refractivity (Wildman–Crippen MR) is 71.5 cm³/mol. The first kappa shape index (κ1) is 14.0. The number of hydrogen-bond donors (Lipinski definition) is 1. The number of aliphatic hydroxyl groups is 1. The zero-order chi connectivity index (χ0) is 12.5. The van der Waals surface area contributed by atoms with Crippen LogP contribution in [0.15, 0.2) is 24.3 Å². The van der Waals surface area contributed by atoms with E-state index in [1.54, 1.807) is 7.11 Å². The Labute approximate surface area is 105 Å². The van der Waals surface area contributed by atoms with Gasteiger partial charge < -0.3 is 9.84 Å². The predicted octanol–water partition coefficient (Wildman–Crippen LogP) is 3.57. The van der Waals surface area contributed by atoms with E-state index in [4.69, 9.17) is 4.74 Å². The molecule has 2 nitrogen and oxygen atoms in total. The molecule has 0 aliphatic carbocycles. The lowest BCUT2D eigenvalue weighted by Gasteiger charge is -2.11. The fraction of sp³-hybridized carbons (Fsp3) is 0.600. The fourth-order valence-electron chi connectivity index (χ4n) is 1.98. The molecule has 0 bridgehead atoms. The van der Waals surface area contributed by atoms with E-state index < -0.39 is 0 Å². The first-order chi connectivity index (χ1) is 8.26. The van der Waals surface area contributed by atoms with Gasteiger partial charge in [-0.15, -0.1) is 0 Å². The van der Waals surface area contributed by atoms with Crippen molar-refractivity contribution in [2.24, 2.45) is 0 Å². The standard InChI is InChI=1S/C15H24O2/c1-3-4-5-6-9-14(16)11-13-8-7-10-15(12-13)17-2/h7-8,10,12,14,16H,3-6,9,11H2,1-2H3. The van der Waals surface area contributed by atoms with E-state index in [1.165, 1.54) is 19.3 Å². The van der Waals surface area contributed by atoms with E-state index in [2.05, 4.69) is 6.92 Å². The maximum absolute atomic E-state index is 9.92.